The van der Waals surface area contributed by atoms with Gasteiger partial charge in [-0.15, -0.1) is 0 Å². The van der Waals surface area contributed by atoms with Crippen molar-refractivity contribution in [3.05, 3.63) is 0 Å². The summed E-state index contributed by atoms with van der Waals surface area (Å²) in [6.07, 6.45) is 2.58. The Morgan fingerprint density at radius 1 is 1.41 bits per heavy atom. The van der Waals surface area contributed by atoms with Crippen LogP contribution in [0.1, 0.15) is 19.8 Å². The van der Waals surface area contributed by atoms with E-state index in [-0.39, 0.29) is 5.75 Å². The van der Waals surface area contributed by atoms with Gasteiger partial charge in [-0.2, -0.15) is 0 Å². The Hall–Kier alpha value is -0.820. The van der Waals surface area contributed by atoms with E-state index in [4.69, 9.17) is 10.5 Å². The van der Waals surface area contributed by atoms with E-state index in [1.165, 1.54) is 6.26 Å². The van der Waals surface area contributed by atoms with E-state index in [1.54, 1.807) is 0 Å². The van der Waals surface area contributed by atoms with Gasteiger partial charge in [-0.3, -0.25) is 4.99 Å². The average molecular weight is 265 g/mol. The van der Waals surface area contributed by atoms with Crippen LogP contribution in [0.5, 0.6) is 0 Å². The lowest BCUT2D eigenvalue weighted by molar-refractivity contribution is 0.145. The Morgan fingerprint density at radius 2 is 2.12 bits per heavy atom. The van der Waals surface area contributed by atoms with Crippen molar-refractivity contribution in [2.45, 2.75) is 19.8 Å². The van der Waals surface area contributed by atoms with Gasteiger partial charge < -0.3 is 15.8 Å². The Kier molecular flexibility index (Phi) is 8.79. The molecule has 0 spiro atoms. The van der Waals surface area contributed by atoms with Crippen molar-refractivity contribution in [1.82, 2.24) is 5.32 Å². The van der Waals surface area contributed by atoms with Gasteiger partial charge in [-0.1, -0.05) is 0 Å². The smallest absolute Gasteiger partial charge is 0.188 e. The summed E-state index contributed by atoms with van der Waals surface area (Å²) in [5.74, 6) is 0.503. The zero-order valence-corrected chi connectivity index (χ0v) is 11.4. The van der Waals surface area contributed by atoms with Crippen molar-refractivity contribution >= 4 is 15.8 Å². The molecule has 7 heteroatoms. The van der Waals surface area contributed by atoms with Crippen LogP contribution in [0.15, 0.2) is 4.99 Å². The Balaban J connectivity index is 3.52. The van der Waals surface area contributed by atoms with Crippen LogP contribution in [-0.4, -0.2) is 52.7 Å². The molecule has 17 heavy (non-hydrogen) atoms. The molecule has 6 nitrogen and oxygen atoms in total. The summed E-state index contributed by atoms with van der Waals surface area (Å²) in [4.78, 5) is 4.02. The van der Waals surface area contributed by atoms with Gasteiger partial charge in [0, 0.05) is 32.6 Å². The number of ether oxygens (including phenoxy) is 1. The van der Waals surface area contributed by atoms with Crippen LogP contribution in [0, 0.1) is 0 Å². The molecule has 0 bridgehead atoms. The Bertz CT molecular complexity index is 315. The molecule has 0 amide bonds. The fraction of sp³-hybridized carbons (Fsp3) is 0.900. The second kappa shape index (κ2) is 9.23. The number of nitrogens with two attached hydrogens (primary N) is 1. The van der Waals surface area contributed by atoms with E-state index in [0.717, 1.165) is 13.0 Å². The summed E-state index contributed by atoms with van der Waals surface area (Å²) in [5, 5.41) is 2.94. The number of guanidine groups is 1. The summed E-state index contributed by atoms with van der Waals surface area (Å²) in [6.45, 7) is 4.50. The van der Waals surface area contributed by atoms with Crippen LogP contribution < -0.4 is 11.1 Å². The maximum atomic E-state index is 10.8. The van der Waals surface area contributed by atoms with E-state index in [1.807, 2.05) is 6.92 Å². The third-order valence-corrected chi connectivity index (χ3v) is 2.96. The predicted molar refractivity (Wildman–Crippen MR) is 69.9 cm³/mol. The van der Waals surface area contributed by atoms with Gasteiger partial charge in [-0.25, -0.2) is 8.42 Å². The first-order chi connectivity index (χ1) is 7.95. The van der Waals surface area contributed by atoms with Crippen LogP contribution >= 0.6 is 0 Å². The topological polar surface area (TPSA) is 93.8 Å². The molecule has 0 atom stereocenters. The predicted octanol–water partition coefficient (Wildman–Crippen LogP) is -0.248. The molecule has 0 radical (unpaired) electrons. The normalized spacial score (nSPS) is 12.7. The molecule has 0 saturated heterocycles. The quantitative estimate of drug-likeness (QED) is 0.341. The van der Waals surface area contributed by atoms with Crippen molar-refractivity contribution in [2.75, 3.05) is 38.3 Å². The van der Waals surface area contributed by atoms with Crippen LogP contribution in [0.4, 0.5) is 0 Å². The summed E-state index contributed by atoms with van der Waals surface area (Å²) >= 11 is 0. The van der Waals surface area contributed by atoms with Gasteiger partial charge in [0.15, 0.2) is 5.96 Å². The van der Waals surface area contributed by atoms with E-state index in [2.05, 4.69) is 10.3 Å². The van der Waals surface area contributed by atoms with Crippen LogP contribution in [0.2, 0.25) is 0 Å². The van der Waals surface area contributed by atoms with Crippen molar-refractivity contribution < 1.29 is 13.2 Å². The summed E-state index contributed by atoms with van der Waals surface area (Å²) in [5.41, 5.74) is 5.59. The van der Waals surface area contributed by atoms with Gasteiger partial charge in [0.25, 0.3) is 0 Å². The fourth-order valence-electron chi connectivity index (χ4n) is 1.12. The van der Waals surface area contributed by atoms with E-state index in [9.17, 15) is 8.42 Å². The van der Waals surface area contributed by atoms with E-state index < -0.39 is 9.84 Å². The second-order valence-corrected chi connectivity index (χ2v) is 5.99. The zero-order valence-electron chi connectivity index (χ0n) is 10.6. The first-order valence-corrected chi connectivity index (χ1v) is 7.81. The average Bonchev–Trinajstić information content (AvgIpc) is 2.23. The first-order valence-electron chi connectivity index (χ1n) is 5.75. The molecule has 0 aliphatic heterocycles. The largest absolute Gasteiger partial charge is 0.382 e. The van der Waals surface area contributed by atoms with Crippen molar-refractivity contribution in [1.29, 1.82) is 0 Å². The minimum atomic E-state index is -2.90. The molecule has 0 aromatic heterocycles. The maximum absolute atomic E-state index is 10.8. The molecule has 0 rings (SSSR count). The number of hydrogen-bond acceptors (Lipinski definition) is 4. The zero-order chi connectivity index (χ0) is 13.1. The van der Waals surface area contributed by atoms with Crippen molar-refractivity contribution in [3.8, 4) is 0 Å². The highest BCUT2D eigenvalue weighted by atomic mass is 32.2. The standard InChI is InChI=1S/C10H23N3O3S/c1-3-16-8-4-6-12-10(11)13-7-5-9-17(2,14)15/h3-9H2,1-2H3,(H3,11,12,13). The number of nitrogens with one attached hydrogen (secondary N) is 1. The summed E-state index contributed by atoms with van der Waals surface area (Å²) in [6, 6.07) is 0. The molecule has 102 valence electrons. The number of aliphatic imine (C=N–C) groups is 1. The Morgan fingerprint density at radius 3 is 2.71 bits per heavy atom. The van der Waals surface area contributed by atoms with Gasteiger partial charge >= 0.3 is 0 Å². The summed E-state index contributed by atoms with van der Waals surface area (Å²) < 4.78 is 26.8. The molecular weight excluding hydrogens is 242 g/mol. The van der Waals surface area contributed by atoms with E-state index >= 15 is 0 Å². The van der Waals surface area contributed by atoms with E-state index in [0.29, 0.717) is 32.1 Å². The molecule has 0 aromatic carbocycles. The number of hydrogen-bond donors (Lipinski definition) is 2. The number of sulfone groups is 1. The lowest BCUT2D eigenvalue weighted by Gasteiger charge is -2.05. The van der Waals surface area contributed by atoms with Crippen LogP contribution in [0.25, 0.3) is 0 Å². The highest BCUT2D eigenvalue weighted by molar-refractivity contribution is 7.90. The van der Waals surface area contributed by atoms with Crippen LogP contribution in [-0.2, 0) is 14.6 Å². The molecule has 0 aromatic rings. The lowest BCUT2D eigenvalue weighted by atomic mass is 10.4. The minimum Gasteiger partial charge on any atom is -0.382 e. The van der Waals surface area contributed by atoms with Gasteiger partial charge in [0.05, 0.1) is 5.75 Å². The van der Waals surface area contributed by atoms with Crippen molar-refractivity contribution in [3.63, 3.8) is 0 Å². The SMILES string of the molecule is CCOCCCNC(N)=NCCCS(C)(=O)=O. The monoisotopic (exact) mass is 265 g/mol. The maximum Gasteiger partial charge on any atom is 0.188 e. The van der Waals surface area contributed by atoms with Crippen LogP contribution in [0.3, 0.4) is 0 Å². The van der Waals surface area contributed by atoms with Gasteiger partial charge in [0.1, 0.15) is 9.84 Å². The Labute approximate surface area is 104 Å². The van der Waals surface area contributed by atoms with Gasteiger partial charge in [0.2, 0.25) is 0 Å². The van der Waals surface area contributed by atoms with Crippen molar-refractivity contribution in [2.24, 2.45) is 10.7 Å². The minimum absolute atomic E-state index is 0.147. The third-order valence-electron chi connectivity index (χ3n) is 1.93. The molecular formula is C10H23N3O3S. The molecule has 0 fully saturated rings. The first kappa shape index (κ1) is 16.2. The molecule has 0 unspecified atom stereocenters. The fourth-order valence-corrected chi connectivity index (χ4v) is 1.77. The third kappa shape index (κ3) is 13.1. The summed E-state index contributed by atoms with van der Waals surface area (Å²) in [7, 11) is -2.90. The van der Waals surface area contributed by atoms with Gasteiger partial charge in [-0.05, 0) is 19.8 Å². The highest BCUT2D eigenvalue weighted by Gasteiger charge is 2.00. The number of rotatable bonds is 9. The highest BCUT2D eigenvalue weighted by Crippen LogP contribution is 1.89. The molecule has 0 heterocycles. The molecule has 0 aliphatic rings. The molecule has 3 N–H and O–H groups in total. The number of nitrogens with zero attached hydrogens (tertiary/aromatic N) is 1. The molecule has 0 aliphatic carbocycles. The molecule has 0 saturated carbocycles. The second-order valence-electron chi connectivity index (χ2n) is 3.73. The lowest BCUT2D eigenvalue weighted by Crippen LogP contribution is -2.33.